The van der Waals surface area contributed by atoms with Gasteiger partial charge in [-0.1, -0.05) is 17.7 Å². The number of nitrogens with two attached hydrogens (primary N) is 1. The Morgan fingerprint density at radius 3 is 2.83 bits per heavy atom. The third-order valence-electron chi connectivity index (χ3n) is 2.37. The lowest BCUT2D eigenvalue weighted by molar-refractivity contribution is 0.459. The van der Waals surface area contributed by atoms with Crippen LogP contribution >= 0.6 is 11.6 Å². The second-order valence-electron chi connectivity index (χ2n) is 3.71. The number of aryl methyl sites for hydroxylation is 1. The lowest BCUT2D eigenvalue weighted by atomic mass is 10.2. The summed E-state index contributed by atoms with van der Waals surface area (Å²) < 4.78 is 5.59. The number of benzene rings is 1. The molecule has 0 fully saturated rings. The Morgan fingerprint density at radius 2 is 2.11 bits per heavy atom. The van der Waals surface area contributed by atoms with Crippen molar-refractivity contribution < 1.29 is 4.74 Å². The summed E-state index contributed by atoms with van der Waals surface area (Å²) in [5.41, 5.74) is 6.99. The number of anilines is 1. The van der Waals surface area contributed by atoms with Gasteiger partial charge in [-0.3, -0.25) is 0 Å². The molecule has 0 bridgehead atoms. The van der Waals surface area contributed by atoms with E-state index in [2.05, 4.69) is 4.98 Å². The summed E-state index contributed by atoms with van der Waals surface area (Å²) in [6.45, 7) is 1.90. The molecule has 0 saturated heterocycles. The number of pyridine rings is 1. The molecule has 0 saturated carbocycles. The summed E-state index contributed by atoms with van der Waals surface area (Å²) >= 11 is 5.89. The van der Waals surface area contributed by atoms with E-state index < -0.39 is 0 Å². The summed E-state index contributed by atoms with van der Waals surface area (Å²) in [4.78, 5) is 4.01. The van der Waals surface area contributed by atoms with E-state index in [1.807, 2.05) is 19.1 Å². The largest absolute Gasteiger partial charge is 0.439 e. The highest BCUT2D eigenvalue weighted by atomic mass is 35.5. The van der Waals surface area contributed by atoms with Crippen molar-refractivity contribution in [2.75, 3.05) is 5.73 Å². The SMILES string of the molecule is Cc1ccc(Cl)cc1Oc1ccc(N)c(C#N)n1. The summed E-state index contributed by atoms with van der Waals surface area (Å²) in [7, 11) is 0. The van der Waals surface area contributed by atoms with E-state index in [1.54, 1.807) is 24.3 Å². The molecule has 0 aliphatic carbocycles. The minimum atomic E-state index is 0.146. The van der Waals surface area contributed by atoms with Gasteiger partial charge in [0.05, 0.1) is 5.69 Å². The monoisotopic (exact) mass is 259 g/mol. The van der Waals surface area contributed by atoms with Crippen molar-refractivity contribution in [3.63, 3.8) is 0 Å². The van der Waals surface area contributed by atoms with E-state index >= 15 is 0 Å². The molecule has 5 heteroatoms. The molecule has 18 heavy (non-hydrogen) atoms. The fraction of sp³-hybridized carbons (Fsp3) is 0.0769. The number of halogens is 1. The fourth-order valence-electron chi connectivity index (χ4n) is 1.39. The van der Waals surface area contributed by atoms with Gasteiger partial charge in [0.25, 0.3) is 0 Å². The minimum absolute atomic E-state index is 0.146. The van der Waals surface area contributed by atoms with Gasteiger partial charge in [0, 0.05) is 11.1 Å². The molecule has 0 atom stereocenters. The number of hydrogen-bond acceptors (Lipinski definition) is 4. The second kappa shape index (κ2) is 4.94. The van der Waals surface area contributed by atoms with Crippen molar-refractivity contribution in [3.05, 3.63) is 46.6 Å². The Hall–Kier alpha value is -2.25. The first kappa shape index (κ1) is 12.2. The molecule has 0 amide bonds. The minimum Gasteiger partial charge on any atom is -0.439 e. The number of hydrogen-bond donors (Lipinski definition) is 1. The Morgan fingerprint density at radius 1 is 1.33 bits per heavy atom. The first-order chi connectivity index (χ1) is 8.60. The van der Waals surface area contributed by atoms with E-state index in [9.17, 15) is 0 Å². The van der Waals surface area contributed by atoms with Crippen molar-refractivity contribution in [1.29, 1.82) is 5.26 Å². The van der Waals surface area contributed by atoms with Gasteiger partial charge in [-0.2, -0.15) is 5.26 Å². The maximum absolute atomic E-state index is 8.84. The maximum Gasteiger partial charge on any atom is 0.220 e. The first-order valence-electron chi connectivity index (χ1n) is 5.21. The van der Waals surface area contributed by atoms with Crippen LogP contribution in [0.15, 0.2) is 30.3 Å². The summed E-state index contributed by atoms with van der Waals surface area (Å²) in [6.07, 6.45) is 0. The van der Waals surface area contributed by atoms with Crippen LogP contribution in [0.2, 0.25) is 5.02 Å². The second-order valence-corrected chi connectivity index (χ2v) is 4.15. The van der Waals surface area contributed by atoms with Gasteiger partial charge in [0.15, 0.2) is 5.69 Å². The van der Waals surface area contributed by atoms with E-state index in [0.29, 0.717) is 22.3 Å². The molecular formula is C13H10ClN3O. The van der Waals surface area contributed by atoms with Crippen molar-refractivity contribution in [2.45, 2.75) is 6.92 Å². The van der Waals surface area contributed by atoms with Gasteiger partial charge < -0.3 is 10.5 Å². The van der Waals surface area contributed by atoms with Crippen LogP contribution < -0.4 is 10.5 Å². The predicted molar refractivity (Wildman–Crippen MR) is 69.6 cm³/mol. The molecule has 0 radical (unpaired) electrons. The molecular weight excluding hydrogens is 250 g/mol. The van der Waals surface area contributed by atoms with Gasteiger partial charge in [-0.05, 0) is 30.7 Å². The van der Waals surface area contributed by atoms with Gasteiger partial charge in [-0.15, -0.1) is 0 Å². The number of nitrogen functional groups attached to an aromatic ring is 1. The van der Waals surface area contributed by atoms with E-state index in [0.717, 1.165) is 5.56 Å². The molecule has 4 nitrogen and oxygen atoms in total. The third-order valence-corrected chi connectivity index (χ3v) is 2.61. The molecule has 0 spiro atoms. The Balaban J connectivity index is 2.34. The smallest absolute Gasteiger partial charge is 0.220 e. The van der Waals surface area contributed by atoms with Gasteiger partial charge in [0.2, 0.25) is 5.88 Å². The summed E-state index contributed by atoms with van der Waals surface area (Å²) in [6, 6.07) is 10.4. The maximum atomic E-state index is 8.84. The molecule has 0 unspecified atom stereocenters. The van der Waals surface area contributed by atoms with Crippen LogP contribution in [0.1, 0.15) is 11.3 Å². The number of aromatic nitrogens is 1. The van der Waals surface area contributed by atoms with Crippen LogP contribution in [0, 0.1) is 18.3 Å². The standard InChI is InChI=1S/C13H10ClN3O/c1-8-2-3-9(14)6-12(8)18-13-5-4-10(16)11(7-15)17-13/h2-6H,16H2,1H3. The highest BCUT2D eigenvalue weighted by Crippen LogP contribution is 2.27. The topological polar surface area (TPSA) is 71.9 Å². The van der Waals surface area contributed by atoms with Crippen molar-refractivity contribution in [2.24, 2.45) is 0 Å². The van der Waals surface area contributed by atoms with Crippen LogP contribution in [0.4, 0.5) is 5.69 Å². The fourth-order valence-corrected chi connectivity index (χ4v) is 1.56. The van der Waals surface area contributed by atoms with Crippen LogP contribution in [0.25, 0.3) is 0 Å². The summed E-state index contributed by atoms with van der Waals surface area (Å²) in [5, 5.41) is 9.41. The molecule has 0 aliphatic rings. The lowest BCUT2D eigenvalue weighted by Gasteiger charge is -2.08. The quantitative estimate of drug-likeness (QED) is 0.898. The molecule has 0 aliphatic heterocycles. The van der Waals surface area contributed by atoms with Gasteiger partial charge >= 0.3 is 0 Å². The lowest BCUT2D eigenvalue weighted by Crippen LogP contribution is -1.96. The van der Waals surface area contributed by atoms with Crippen LogP contribution in [-0.4, -0.2) is 4.98 Å². The van der Waals surface area contributed by atoms with E-state index in [4.69, 9.17) is 27.3 Å². The summed E-state index contributed by atoms with van der Waals surface area (Å²) in [5.74, 6) is 0.912. The van der Waals surface area contributed by atoms with E-state index in [-0.39, 0.29) is 5.69 Å². The van der Waals surface area contributed by atoms with Crippen LogP contribution in [0.3, 0.4) is 0 Å². The number of nitrogens with zero attached hydrogens (tertiary/aromatic N) is 2. The third kappa shape index (κ3) is 2.53. The molecule has 1 aromatic heterocycles. The molecule has 2 rings (SSSR count). The average molecular weight is 260 g/mol. The highest BCUT2D eigenvalue weighted by molar-refractivity contribution is 6.30. The molecule has 90 valence electrons. The number of ether oxygens (including phenoxy) is 1. The van der Waals surface area contributed by atoms with Crippen LogP contribution in [-0.2, 0) is 0 Å². The van der Waals surface area contributed by atoms with Gasteiger partial charge in [-0.25, -0.2) is 4.98 Å². The highest BCUT2D eigenvalue weighted by Gasteiger charge is 2.06. The van der Waals surface area contributed by atoms with Crippen molar-refractivity contribution in [1.82, 2.24) is 4.98 Å². The molecule has 2 N–H and O–H groups in total. The Kier molecular flexibility index (Phi) is 3.35. The van der Waals surface area contributed by atoms with Crippen molar-refractivity contribution >= 4 is 17.3 Å². The normalized spacial score (nSPS) is 9.83. The Labute approximate surface area is 110 Å². The predicted octanol–water partition coefficient (Wildman–Crippen LogP) is 3.29. The van der Waals surface area contributed by atoms with E-state index in [1.165, 1.54) is 0 Å². The number of rotatable bonds is 2. The average Bonchev–Trinajstić information content (AvgIpc) is 2.36. The van der Waals surface area contributed by atoms with Gasteiger partial charge in [0.1, 0.15) is 11.8 Å². The first-order valence-corrected chi connectivity index (χ1v) is 5.58. The zero-order valence-electron chi connectivity index (χ0n) is 9.64. The molecule has 2 aromatic rings. The molecule has 1 aromatic carbocycles. The zero-order valence-corrected chi connectivity index (χ0v) is 10.4. The molecule has 1 heterocycles. The van der Waals surface area contributed by atoms with Crippen LogP contribution in [0.5, 0.6) is 11.6 Å². The zero-order chi connectivity index (χ0) is 13.1. The number of nitriles is 1. The Bertz CT molecular complexity index is 635. The van der Waals surface area contributed by atoms with Crippen molar-refractivity contribution in [3.8, 4) is 17.7 Å².